The highest BCUT2D eigenvalue weighted by molar-refractivity contribution is 5.76. The SMILES string of the molecule is CCC(N)CC(=O)NC1CC(C)CCC1C(C)C. The Hall–Kier alpha value is -0.570. The molecule has 3 nitrogen and oxygen atoms in total. The van der Waals surface area contributed by atoms with E-state index in [0.717, 1.165) is 18.8 Å². The summed E-state index contributed by atoms with van der Waals surface area (Å²) in [5, 5.41) is 3.23. The Labute approximate surface area is 112 Å². The van der Waals surface area contributed by atoms with Crippen LogP contribution in [0.15, 0.2) is 0 Å². The van der Waals surface area contributed by atoms with Gasteiger partial charge >= 0.3 is 0 Å². The molecule has 1 amide bonds. The monoisotopic (exact) mass is 254 g/mol. The number of nitrogens with two attached hydrogens (primary N) is 1. The van der Waals surface area contributed by atoms with Crippen molar-refractivity contribution in [3.05, 3.63) is 0 Å². The van der Waals surface area contributed by atoms with Gasteiger partial charge in [-0.15, -0.1) is 0 Å². The van der Waals surface area contributed by atoms with Gasteiger partial charge in [-0.2, -0.15) is 0 Å². The summed E-state index contributed by atoms with van der Waals surface area (Å²) in [5.41, 5.74) is 5.84. The Balaban J connectivity index is 2.52. The second-order valence-electron chi connectivity index (χ2n) is 6.37. The zero-order valence-electron chi connectivity index (χ0n) is 12.4. The van der Waals surface area contributed by atoms with Gasteiger partial charge in [0.25, 0.3) is 0 Å². The summed E-state index contributed by atoms with van der Waals surface area (Å²) in [6.45, 7) is 8.83. The largest absolute Gasteiger partial charge is 0.353 e. The maximum absolute atomic E-state index is 12.0. The summed E-state index contributed by atoms with van der Waals surface area (Å²) in [7, 11) is 0. The van der Waals surface area contributed by atoms with Crippen molar-refractivity contribution in [3.63, 3.8) is 0 Å². The van der Waals surface area contributed by atoms with E-state index in [2.05, 4.69) is 26.1 Å². The first kappa shape index (κ1) is 15.5. The van der Waals surface area contributed by atoms with Gasteiger partial charge in [0.15, 0.2) is 0 Å². The molecule has 0 saturated heterocycles. The lowest BCUT2D eigenvalue weighted by Gasteiger charge is -2.38. The Morgan fingerprint density at radius 3 is 2.61 bits per heavy atom. The smallest absolute Gasteiger partial charge is 0.221 e. The standard InChI is InChI=1S/C15H30N2O/c1-5-12(16)9-15(18)17-14-8-11(4)6-7-13(14)10(2)3/h10-14H,5-9,16H2,1-4H3,(H,17,18). The van der Waals surface area contributed by atoms with Gasteiger partial charge in [0, 0.05) is 18.5 Å². The fourth-order valence-corrected chi connectivity index (χ4v) is 3.02. The van der Waals surface area contributed by atoms with Gasteiger partial charge in [-0.05, 0) is 37.0 Å². The van der Waals surface area contributed by atoms with Crippen molar-refractivity contribution in [3.8, 4) is 0 Å². The lowest BCUT2D eigenvalue weighted by atomic mass is 9.74. The molecule has 0 aromatic rings. The average molecular weight is 254 g/mol. The molecule has 1 aliphatic rings. The second kappa shape index (κ2) is 7.13. The number of hydrogen-bond donors (Lipinski definition) is 2. The average Bonchev–Trinajstić information content (AvgIpc) is 2.28. The van der Waals surface area contributed by atoms with E-state index in [1.807, 2.05) is 6.92 Å². The molecule has 0 heterocycles. The third-order valence-electron chi connectivity index (χ3n) is 4.34. The van der Waals surface area contributed by atoms with E-state index in [-0.39, 0.29) is 11.9 Å². The van der Waals surface area contributed by atoms with E-state index in [4.69, 9.17) is 5.73 Å². The summed E-state index contributed by atoms with van der Waals surface area (Å²) in [4.78, 5) is 12.0. The van der Waals surface area contributed by atoms with Crippen molar-refractivity contribution < 1.29 is 4.79 Å². The predicted octanol–water partition coefficient (Wildman–Crippen LogP) is 2.69. The van der Waals surface area contributed by atoms with E-state index < -0.39 is 0 Å². The van der Waals surface area contributed by atoms with E-state index >= 15 is 0 Å². The summed E-state index contributed by atoms with van der Waals surface area (Å²) < 4.78 is 0. The van der Waals surface area contributed by atoms with Crippen LogP contribution in [0, 0.1) is 17.8 Å². The van der Waals surface area contributed by atoms with Crippen LogP contribution in [0.2, 0.25) is 0 Å². The Bertz CT molecular complexity index is 265. The van der Waals surface area contributed by atoms with Crippen LogP contribution in [0.5, 0.6) is 0 Å². The Morgan fingerprint density at radius 2 is 2.06 bits per heavy atom. The summed E-state index contributed by atoms with van der Waals surface area (Å²) in [5.74, 6) is 2.13. The number of carbonyl (C=O) groups excluding carboxylic acids is 1. The molecule has 0 aliphatic heterocycles. The van der Waals surface area contributed by atoms with Crippen LogP contribution in [-0.2, 0) is 4.79 Å². The molecule has 106 valence electrons. The lowest BCUT2D eigenvalue weighted by molar-refractivity contribution is -0.123. The van der Waals surface area contributed by atoms with E-state index in [9.17, 15) is 4.79 Å². The molecule has 1 fully saturated rings. The van der Waals surface area contributed by atoms with Gasteiger partial charge in [-0.1, -0.05) is 34.1 Å². The maximum Gasteiger partial charge on any atom is 0.221 e. The third kappa shape index (κ3) is 4.60. The number of rotatable bonds is 5. The highest BCUT2D eigenvalue weighted by Crippen LogP contribution is 2.33. The highest BCUT2D eigenvalue weighted by atomic mass is 16.1. The van der Waals surface area contributed by atoms with Crippen molar-refractivity contribution in [2.75, 3.05) is 0 Å². The summed E-state index contributed by atoms with van der Waals surface area (Å²) in [6.07, 6.45) is 4.98. The van der Waals surface area contributed by atoms with Crippen LogP contribution in [0.4, 0.5) is 0 Å². The van der Waals surface area contributed by atoms with Crippen LogP contribution in [0.3, 0.4) is 0 Å². The number of nitrogens with one attached hydrogen (secondary N) is 1. The van der Waals surface area contributed by atoms with Crippen LogP contribution < -0.4 is 11.1 Å². The maximum atomic E-state index is 12.0. The molecule has 1 saturated carbocycles. The molecular weight excluding hydrogens is 224 g/mol. The van der Waals surface area contributed by atoms with E-state index in [1.54, 1.807) is 0 Å². The minimum atomic E-state index is 0.00325. The summed E-state index contributed by atoms with van der Waals surface area (Å²) in [6, 6.07) is 0.355. The van der Waals surface area contributed by atoms with Crippen molar-refractivity contribution in [2.24, 2.45) is 23.5 Å². The van der Waals surface area contributed by atoms with Crippen LogP contribution in [-0.4, -0.2) is 18.0 Å². The quantitative estimate of drug-likeness (QED) is 0.792. The van der Waals surface area contributed by atoms with Crippen molar-refractivity contribution >= 4 is 5.91 Å². The molecule has 0 aromatic heterocycles. The van der Waals surface area contributed by atoms with Crippen molar-refractivity contribution in [2.45, 2.75) is 71.9 Å². The predicted molar refractivity (Wildman–Crippen MR) is 76.2 cm³/mol. The van der Waals surface area contributed by atoms with E-state index in [0.29, 0.717) is 24.3 Å². The van der Waals surface area contributed by atoms with Gasteiger partial charge in [0.05, 0.1) is 0 Å². The molecule has 0 aromatic carbocycles. The van der Waals surface area contributed by atoms with Gasteiger partial charge in [-0.3, -0.25) is 4.79 Å². The fourth-order valence-electron chi connectivity index (χ4n) is 3.02. The Morgan fingerprint density at radius 1 is 1.39 bits per heavy atom. The molecule has 1 aliphatic carbocycles. The zero-order chi connectivity index (χ0) is 13.7. The molecule has 0 bridgehead atoms. The van der Waals surface area contributed by atoms with Gasteiger partial charge < -0.3 is 11.1 Å². The molecule has 0 radical (unpaired) electrons. The van der Waals surface area contributed by atoms with Gasteiger partial charge in [0.1, 0.15) is 0 Å². The van der Waals surface area contributed by atoms with Crippen molar-refractivity contribution in [1.82, 2.24) is 5.32 Å². The number of carbonyl (C=O) groups is 1. The van der Waals surface area contributed by atoms with Gasteiger partial charge in [0.2, 0.25) is 5.91 Å². The normalized spacial score (nSPS) is 30.2. The molecule has 3 N–H and O–H groups in total. The minimum absolute atomic E-state index is 0.00325. The number of amides is 1. The first-order valence-corrected chi connectivity index (χ1v) is 7.49. The third-order valence-corrected chi connectivity index (χ3v) is 4.34. The molecule has 4 atom stereocenters. The second-order valence-corrected chi connectivity index (χ2v) is 6.37. The van der Waals surface area contributed by atoms with E-state index in [1.165, 1.54) is 12.8 Å². The summed E-state index contributed by atoms with van der Waals surface area (Å²) >= 11 is 0. The van der Waals surface area contributed by atoms with Crippen LogP contribution in [0.1, 0.15) is 59.8 Å². The van der Waals surface area contributed by atoms with Crippen LogP contribution >= 0.6 is 0 Å². The first-order valence-electron chi connectivity index (χ1n) is 7.49. The molecule has 0 spiro atoms. The molecule has 18 heavy (non-hydrogen) atoms. The number of hydrogen-bond acceptors (Lipinski definition) is 2. The molecule has 3 heteroatoms. The highest BCUT2D eigenvalue weighted by Gasteiger charge is 2.31. The van der Waals surface area contributed by atoms with Gasteiger partial charge in [-0.25, -0.2) is 0 Å². The molecule has 4 unspecified atom stereocenters. The molecular formula is C15H30N2O. The minimum Gasteiger partial charge on any atom is -0.353 e. The van der Waals surface area contributed by atoms with Crippen molar-refractivity contribution in [1.29, 1.82) is 0 Å². The molecule has 1 rings (SSSR count). The first-order chi connectivity index (χ1) is 8.43. The zero-order valence-corrected chi connectivity index (χ0v) is 12.4. The van der Waals surface area contributed by atoms with Crippen LogP contribution in [0.25, 0.3) is 0 Å². The topological polar surface area (TPSA) is 55.1 Å². The fraction of sp³-hybridized carbons (Fsp3) is 0.933. The Kier molecular flexibility index (Phi) is 6.13. The lowest BCUT2D eigenvalue weighted by Crippen LogP contribution is -2.46.